The molecule has 2 heterocycles. The molecule has 8 heteroatoms. The van der Waals surface area contributed by atoms with Crippen LogP contribution >= 0.6 is 0 Å². The molecule has 0 atom stereocenters. The number of aryl methyl sites for hydroxylation is 1. The number of pyridine rings is 1. The predicted molar refractivity (Wildman–Crippen MR) is 116 cm³/mol. The summed E-state index contributed by atoms with van der Waals surface area (Å²) in [6.07, 6.45) is 0. The quantitative estimate of drug-likeness (QED) is 0.429. The van der Waals surface area contributed by atoms with Gasteiger partial charge < -0.3 is 20.1 Å². The molecule has 8 nitrogen and oxygen atoms in total. The smallest absolute Gasteiger partial charge is 0.229 e. The molecule has 4 rings (SSSR count). The van der Waals surface area contributed by atoms with E-state index in [9.17, 15) is 4.79 Å². The zero-order chi connectivity index (χ0) is 21.1. The largest absolute Gasteiger partial charge is 0.496 e. The van der Waals surface area contributed by atoms with E-state index in [4.69, 9.17) is 9.47 Å². The first-order chi connectivity index (χ1) is 14.5. The van der Waals surface area contributed by atoms with E-state index in [-0.39, 0.29) is 5.91 Å². The van der Waals surface area contributed by atoms with Crippen molar-refractivity contribution in [2.45, 2.75) is 13.8 Å². The highest BCUT2D eigenvalue weighted by Gasteiger charge is 2.13. The molecule has 0 bridgehead atoms. The van der Waals surface area contributed by atoms with E-state index in [2.05, 4.69) is 25.8 Å². The van der Waals surface area contributed by atoms with Gasteiger partial charge in [-0.15, -0.1) is 0 Å². The second-order valence-electron chi connectivity index (χ2n) is 6.74. The molecule has 1 amide bonds. The fourth-order valence-corrected chi connectivity index (χ4v) is 3.07. The molecule has 152 valence electrons. The monoisotopic (exact) mass is 403 g/mol. The molecule has 3 N–H and O–H groups in total. The molecule has 0 aliphatic carbocycles. The van der Waals surface area contributed by atoms with Crippen LogP contribution in [0.1, 0.15) is 12.6 Å². The number of carbonyl (C=O) groups excluding carboxylic acids is 1. The number of fused-ring (bicyclic) bond motifs is 1. The summed E-state index contributed by atoms with van der Waals surface area (Å²) in [6, 6.07) is 16.6. The summed E-state index contributed by atoms with van der Waals surface area (Å²) in [5, 5.41) is 14.7. The number of methoxy groups -OCH3 is 1. The van der Waals surface area contributed by atoms with E-state index in [1.807, 2.05) is 37.3 Å². The van der Waals surface area contributed by atoms with E-state index in [1.165, 1.54) is 6.92 Å². The van der Waals surface area contributed by atoms with Gasteiger partial charge in [-0.25, -0.2) is 0 Å². The normalized spacial score (nSPS) is 10.6. The molecule has 0 aliphatic rings. The van der Waals surface area contributed by atoms with Crippen molar-refractivity contribution in [1.29, 1.82) is 0 Å². The van der Waals surface area contributed by atoms with Crippen LogP contribution in [0.25, 0.3) is 10.8 Å². The van der Waals surface area contributed by atoms with Crippen LogP contribution in [0.2, 0.25) is 0 Å². The maximum absolute atomic E-state index is 11.2. The van der Waals surface area contributed by atoms with Crippen LogP contribution in [0.3, 0.4) is 0 Å². The van der Waals surface area contributed by atoms with Gasteiger partial charge in [0.05, 0.1) is 7.11 Å². The van der Waals surface area contributed by atoms with Crippen molar-refractivity contribution >= 4 is 34.0 Å². The first-order valence-corrected chi connectivity index (χ1v) is 9.34. The topological polar surface area (TPSA) is 101 Å². The summed E-state index contributed by atoms with van der Waals surface area (Å²) >= 11 is 0. The Bertz CT molecular complexity index is 1200. The van der Waals surface area contributed by atoms with E-state index < -0.39 is 0 Å². The van der Waals surface area contributed by atoms with E-state index >= 15 is 0 Å². The molecule has 0 fully saturated rings. The number of aromatic amines is 1. The minimum atomic E-state index is -0.129. The fraction of sp³-hybridized carbons (Fsp3) is 0.136. The molecule has 0 spiro atoms. The van der Waals surface area contributed by atoms with Crippen LogP contribution in [0.4, 0.5) is 17.3 Å². The van der Waals surface area contributed by atoms with Gasteiger partial charge in [-0.2, -0.15) is 10.1 Å². The average molecular weight is 403 g/mol. The van der Waals surface area contributed by atoms with Gasteiger partial charge >= 0.3 is 0 Å². The van der Waals surface area contributed by atoms with Gasteiger partial charge in [0.1, 0.15) is 17.3 Å². The highest BCUT2D eigenvalue weighted by Crippen LogP contribution is 2.36. The number of nitrogens with zero attached hydrogens (tertiary/aromatic N) is 2. The van der Waals surface area contributed by atoms with Crippen LogP contribution in [0.15, 0.2) is 54.6 Å². The lowest BCUT2D eigenvalue weighted by Gasteiger charge is -2.13. The predicted octanol–water partition coefficient (Wildman–Crippen LogP) is 4.77. The molecule has 2 aromatic carbocycles. The number of carbonyl (C=O) groups is 1. The fourth-order valence-electron chi connectivity index (χ4n) is 3.07. The minimum Gasteiger partial charge on any atom is -0.496 e. The maximum atomic E-state index is 11.2. The Morgan fingerprint density at radius 3 is 2.50 bits per heavy atom. The Labute approximate surface area is 173 Å². The number of hydrogen-bond donors (Lipinski definition) is 3. The third-order valence-corrected chi connectivity index (χ3v) is 4.37. The first kappa shape index (κ1) is 19.3. The number of ether oxygens (including phenoxy) is 2. The number of nitrogens with one attached hydrogen (secondary N) is 3. The van der Waals surface area contributed by atoms with Crippen molar-refractivity contribution in [2.24, 2.45) is 0 Å². The van der Waals surface area contributed by atoms with Crippen LogP contribution in [0, 0.1) is 6.92 Å². The highest BCUT2D eigenvalue weighted by molar-refractivity contribution is 5.94. The summed E-state index contributed by atoms with van der Waals surface area (Å²) in [5.74, 6) is 2.82. The summed E-state index contributed by atoms with van der Waals surface area (Å²) in [6.45, 7) is 3.39. The zero-order valence-electron chi connectivity index (χ0n) is 16.8. The second kappa shape index (κ2) is 8.12. The standard InChI is InChI=1S/C22H21N5O3/c1-13-11-21(27-26-13)24-20-12-18-17(5-4-6-19(18)29-3)22(25-20)30-16-9-7-15(8-10-16)23-14(2)28/h4-12H,1-3H3,(H,23,28)(H2,24,25,26,27). The lowest BCUT2D eigenvalue weighted by molar-refractivity contribution is -0.114. The molecule has 0 unspecified atom stereocenters. The lowest BCUT2D eigenvalue weighted by atomic mass is 10.1. The summed E-state index contributed by atoms with van der Waals surface area (Å²) in [4.78, 5) is 15.8. The van der Waals surface area contributed by atoms with Crippen molar-refractivity contribution in [3.63, 3.8) is 0 Å². The van der Waals surface area contributed by atoms with Crippen molar-refractivity contribution < 1.29 is 14.3 Å². The number of hydrogen-bond acceptors (Lipinski definition) is 6. The summed E-state index contributed by atoms with van der Waals surface area (Å²) < 4.78 is 11.6. The van der Waals surface area contributed by atoms with Crippen LogP contribution in [0.5, 0.6) is 17.4 Å². The molecular formula is C22H21N5O3. The number of aromatic nitrogens is 3. The molecule has 0 saturated heterocycles. The van der Waals surface area contributed by atoms with Gasteiger partial charge in [0.15, 0.2) is 5.82 Å². The average Bonchev–Trinajstić information content (AvgIpc) is 3.13. The Kier molecular flexibility index (Phi) is 5.21. The van der Waals surface area contributed by atoms with Crippen LogP contribution < -0.4 is 20.1 Å². The molecule has 0 radical (unpaired) electrons. The van der Waals surface area contributed by atoms with Gasteiger partial charge in [-0.3, -0.25) is 9.89 Å². The summed E-state index contributed by atoms with van der Waals surface area (Å²) in [5.41, 5.74) is 1.63. The molecule has 30 heavy (non-hydrogen) atoms. The Morgan fingerprint density at radius 1 is 1.03 bits per heavy atom. The van der Waals surface area contributed by atoms with Gasteiger partial charge in [0, 0.05) is 35.1 Å². The third kappa shape index (κ3) is 4.17. The van der Waals surface area contributed by atoms with Gasteiger partial charge in [-0.05, 0) is 49.4 Å². The van der Waals surface area contributed by atoms with Crippen molar-refractivity contribution in [2.75, 3.05) is 17.7 Å². The Balaban J connectivity index is 1.72. The summed E-state index contributed by atoms with van der Waals surface area (Å²) in [7, 11) is 1.63. The molecule has 0 aliphatic heterocycles. The van der Waals surface area contributed by atoms with Crippen molar-refractivity contribution in [1.82, 2.24) is 15.2 Å². The number of H-pyrrole nitrogens is 1. The number of benzene rings is 2. The highest BCUT2D eigenvalue weighted by atomic mass is 16.5. The molecule has 0 saturated carbocycles. The molecular weight excluding hydrogens is 382 g/mol. The Hall–Kier alpha value is -4.07. The van der Waals surface area contributed by atoms with Crippen molar-refractivity contribution in [3.05, 3.63) is 60.3 Å². The number of rotatable bonds is 6. The molecule has 4 aromatic rings. The zero-order valence-corrected chi connectivity index (χ0v) is 16.8. The van der Waals surface area contributed by atoms with E-state index in [1.54, 1.807) is 31.4 Å². The van der Waals surface area contributed by atoms with Crippen LogP contribution in [-0.2, 0) is 4.79 Å². The van der Waals surface area contributed by atoms with Gasteiger partial charge in [0.2, 0.25) is 11.8 Å². The van der Waals surface area contributed by atoms with Crippen molar-refractivity contribution in [3.8, 4) is 17.4 Å². The van der Waals surface area contributed by atoms with Gasteiger partial charge in [0.25, 0.3) is 0 Å². The number of amides is 1. The van der Waals surface area contributed by atoms with Crippen LogP contribution in [-0.4, -0.2) is 28.2 Å². The number of anilines is 3. The lowest BCUT2D eigenvalue weighted by Crippen LogP contribution is -2.05. The first-order valence-electron chi connectivity index (χ1n) is 9.34. The molecule has 2 aromatic heterocycles. The van der Waals surface area contributed by atoms with E-state index in [0.717, 1.165) is 16.5 Å². The van der Waals surface area contributed by atoms with Gasteiger partial charge in [-0.1, -0.05) is 6.07 Å². The van der Waals surface area contributed by atoms with E-state index in [0.29, 0.717) is 34.7 Å². The third-order valence-electron chi connectivity index (χ3n) is 4.37. The maximum Gasteiger partial charge on any atom is 0.229 e. The SMILES string of the molecule is COc1cccc2c(Oc3ccc(NC(C)=O)cc3)nc(Nc3cc(C)[nH]n3)cc12. The Morgan fingerprint density at radius 2 is 1.83 bits per heavy atom. The minimum absolute atomic E-state index is 0.129. The second-order valence-corrected chi connectivity index (χ2v) is 6.74.